The minimum Gasteiger partial charge on any atom is -0.355 e. The molecule has 0 bridgehead atoms. The second kappa shape index (κ2) is 8.47. The highest BCUT2D eigenvalue weighted by Gasteiger charge is 2.25. The molecule has 0 atom stereocenters. The lowest BCUT2D eigenvalue weighted by Gasteiger charge is -2.38. The van der Waals surface area contributed by atoms with Gasteiger partial charge < -0.3 is 19.7 Å². The highest BCUT2D eigenvalue weighted by molar-refractivity contribution is 5.86. The molecule has 7 nitrogen and oxygen atoms in total. The maximum absolute atomic E-state index is 13.6. The number of hydrogen-bond donors (Lipinski definition) is 1. The quantitative estimate of drug-likeness (QED) is 0.691. The Hall–Kier alpha value is -2.65. The summed E-state index contributed by atoms with van der Waals surface area (Å²) in [6, 6.07) is 3.37. The molecule has 31 heavy (non-hydrogen) atoms. The summed E-state index contributed by atoms with van der Waals surface area (Å²) < 4.78 is 27.3. The molecule has 0 amide bonds. The Labute approximate surface area is 180 Å². The summed E-state index contributed by atoms with van der Waals surface area (Å²) in [7, 11) is 2.18. The zero-order valence-corrected chi connectivity index (χ0v) is 17.7. The van der Waals surface area contributed by atoms with Gasteiger partial charge in [0, 0.05) is 57.4 Å². The smallest absolute Gasteiger partial charge is 0.183 e. The molecule has 0 unspecified atom stereocenters. The van der Waals surface area contributed by atoms with Crippen molar-refractivity contribution in [3.05, 3.63) is 36.2 Å². The van der Waals surface area contributed by atoms with Crippen LogP contribution in [0.5, 0.6) is 0 Å². The van der Waals surface area contributed by atoms with Gasteiger partial charge in [-0.15, -0.1) is 0 Å². The number of hydrogen-bond acceptors (Lipinski definition) is 6. The number of rotatable bonds is 4. The highest BCUT2D eigenvalue weighted by atomic mass is 19.1. The molecule has 1 aromatic carbocycles. The van der Waals surface area contributed by atoms with Crippen LogP contribution in [0.25, 0.3) is 22.6 Å². The van der Waals surface area contributed by atoms with Crippen molar-refractivity contribution in [2.24, 2.45) is 5.92 Å². The summed E-state index contributed by atoms with van der Waals surface area (Å²) in [5.41, 5.74) is 1.57. The minimum absolute atomic E-state index is 0.354. The van der Waals surface area contributed by atoms with Crippen molar-refractivity contribution in [1.82, 2.24) is 29.7 Å². The highest BCUT2D eigenvalue weighted by Crippen LogP contribution is 2.29. The molecular weight excluding hydrogens is 400 g/mol. The van der Waals surface area contributed by atoms with E-state index in [1.54, 1.807) is 0 Å². The molecule has 9 heteroatoms. The second-order valence-corrected chi connectivity index (χ2v) is 8.67. The standard InChI is InChI=1S/C22H27F2N7/c1-29-6-8-30(9-7-29)13-15-2-4-31(5-3-15)22-19-21(25-14-26-22)28-20(27-19)16-10-17(23)12-18(24)11-16/h10-12,14-15H,2-9,13H2,1H3,(H,25,26,27,28). The summed E-state index contributed by atoms with van der Waals surface area (Å²) in [5.74, 6) is 0.622. The van der Waals surface area contributed by atoms with E-state index in [-0.39, 0.29) is 0 Å². The van der Waals surface area contributed by atoms with E-state index in [0.29, 0.717) is 28.5 Å². The van der Waals surface area contributed by atoms with Gasteiger partial charge in [0.25, 0.3) is 0 Å². The summed E-state index contributed by atoms with van der Waals surface area (Å²) in [5, 5.41) is 0. The van der Waals surface area contributed by atoms with E-state index in [2.05, 4.69) is 41.7 Å². The summed E-state index contributed by atoms with van der Waals surface area (Å²) in [4.78, 5) is 23.6. The van der Waals surface area contributed by atoms with E-state index in [9.17, 15) is 8.78 Å². The van der Waals surface area contributed by atoms with E-state index in [4.69, 9.17) is 0 Å². The third-order valence-corrected chi connectivity index (χ3v) is 6.43. The summed E-state index contributed by atoms with van der Waals surface area (Å²) in [6.07, 6.45) is 3.74. The Morgan fingerprint density at radius 2 is 1.68 bits per heavy atom. The fraction of sp³-hybridized carbons (Fsp3) is 0.500. The van der Waals surface area contributed by atoms with Crippen LogP contribution in [0.2, 0.25) is 0 Å². The van der Waals surface area contributed by atoms with E-state index in [1.165, 1.54) is 25.0 Å². The largest absolute Gasteiger partial charge is 0.355 e. The normalized spacial score (nSPS) is 19.4. The molecule has 164 valence electrons. The van der Waals surface area contributed by atoms with Gasteiger partial charge >= 0.3 is 0 Å². The molecular formula is C22H27F2N7. The van der Waals surface area contributed by atoms with Crippen LogP contribution >= 0.6 is 0 Å². The minimum atomic E-state index is -0.635. The van der Waals surface area contributed by atoms with Crippen LogP contribution in [0.15, 0.2) is 24.5 Å². The van der Waals surface area contributed by atoms with Crippen molar-refractivity contribution in [2.45, 2.75) is 12.8 Å². The number of nitrogens with zero attached hydrogens (tertiary/aromatic N) is 6. The first-order chi connectivity index (χ1) is 15.0. The zero-order valence-electron chi connectivity index (χ0n) is 17.7. The Balaban J connectivity index is 1.30. The lowest BCUT2D eigenvalue weighted by molar-refractivity contribution is 0.129. The molecule has 0 saturated carbocycles. The van der Waals surface area contributed by atoms with E-state index in [1.807, 2.05) is 0 Å². The SMILES string of the molecule is CN1CCN(CC2CCN(c3ncnc4nc(-c5cc(F)cc(F)c5)[nH]c34)CC2)CC1. The zero-order chi connectivity index (χ0) is 21.4. The lowest BCUT2D eigenvalue weighted by Crippen LogP contribution is -2.47. The number of piperazine rings is 1. The molecule has 2 saturated heterocycles. The van der Waals surface area contributed by atoms with Crippen LogP contribution in [-0.4, -0.2) is 82.6 Å². The Morgan fingerprint density at radius 3 is 2.39 bits per heavy atom. The number of aromatic nitrogens is 4. The van der Waals surface area contributed by atoms with Crippen molar-refractivity contribution in [1.29, 1.82) is 0 Å². The topological polar surface area (TPSA) is 64.2 Å². The van der Waals surface area contributed by atoms with Crippen molar-refractivity contribution in [3.63, 3.8) is 0 Å². The number of fused-ring (bicyclic) bond motifs is 1. The average Bonchev–Trinajstić information content (AvgIpc) is 3.20. The molecule has 2 aliphatic heterocycles. The number of nitrogens with one attached hydrogen (secondary N) is 1. The first-order valence-electron chi connectivity index (χ1n) is 10.9. The number of anilines is 1. The Kier molecular flexibility index (Phi) is 5.54. The van der Waals surface area contributed by atoms with Crippen LogP contribution < -0.4 is 4.90 Å². The monoisotopic (exact) mass is 427 g/mol. The number of benzene rings is 1. The van der Waals surface area contributed by atoms with Gasteiger partial charge in [-0.1, -0.05) is 0 Å². The van der Waals surface area contributed by atoms with Gasteiger partial charge in [-0.25, -0.2) is 23.7 Å². The Bertz CT molecular complexity index is 1030. The maximum atomic E-state index is 13.6. The number of imidazole rings is 1. The number of aromatic amines is 1. The molecule has 4 heterocycles. The van der Waals surface area contributed by atoms with Crippen molar-refractivity contribution < 1.29 is 8.78 Å². The summed E-state index contributed by atoms with van der Waals surface area (Å²) >= 11 is 0. The number of halogens is 2. The summed E-state index contributed by atoms with van der Waals surface area (Å²) in [6.45, 7) is 7.62. The van der Waals surface area contributed by atoms with Gasteiger partial charge in [-0.05, 0) is 37.9 Å². The fourth-order valence-electron chi connectivity index (χ4n) is 4.61. The fourth-order valence-corrected chi connectivity index (χ4v) is 4.61. The van der Waals surface area contributed by atoms with Gasteiger partial charge in [0.15, 0.2) is 11.5 Å². The predicted molar refractivity (Wildman–Crippen MR) is 116 cm³/mol. The van der Waals surface area contributed by atoms with Gasteiger partial charge in [-0.2, -0.15) is 0 Å². The molecule has 2 aromatic heterocycles. The predicted octanol–water partition coefficient (Wildman–Crippen LogP) is 2.76. The van der Waals surface area contributed by atoms with Gasteiger partial charge in [0.2, 0.25) is 0 Å². The molecule has 2 fully saturated rings. The molecule has 0 radical (unpaired) electrons. The van der Waals surface area contributed by atoms with Gasteiger partial charge in [0.05, 0.1) is 0 Å². The molecule has 0 spiro atoms. The van der Waals surface area contributed by atoms with E-state index < -0.39 is 11.6 Å². The molecule has 0 aliphatic carbocycles. The van der Waals surface area contributed by atoms with Crippen LogP contribution in [-0.2, 0) is 0 Å². The second-order valence-electron chi connectivity index (χ2n) is 8.67. The van der Waals surface area contributed by atoms with E-state index in [0.717, 1.165) is 64.0 Å². The number of piperidine rings is 1. The maximum Gasteiger partial charge on any atom is 0.183 e. The molecule has 1 N–H and O–H groups in total. The van der Waals surface area contributed by atoms with Crippen LogP contribution in [0.4, 0.5) is 14.6 Å². The third kappa shape index (κ3) is 4.38. The van der Waals surface area contributed by atoms with Gasteiger partial charge in [-0.3, -0.25) is 0 Å². The van der Waals surface area contributed by atoms with Crippen molar-refractivity contribution in [3.8, 4) is 11.4 Å². The lowest BCUT2D eigenvalue weighted by atomic mass is 9.96. The third-order valence-electron chi connectivity index (χ3n) is 6.43. The molecule has 5 rings (SSSR count). The van der Waals surface area contributed by atoms with Crippen molar-refractivity contribution >= 4 is 17.0 Å². The van der Waals surface area contributed by atoms with Crippen molar-refractivity contribution in [2.75, 3.05) is 57.8 Å². The van der Waals surface area contributed by atoms with Crippen LogP contribution in [0.3, 0.4) is 0 Å². The molecule has 3 aromatic rings. The average molecular weight is 428 g/mol. The first kappa shape index (κ1) is 20.3. The Morgan fingerprint density at radius 1 is 0.968 bits per heavy atom. The number of H-pyrrole nitrogens is 1. The number of likely N-dealkylation sites (N-methyl/N-ethyl adjacent to an activating group) is 1. The van der Waals surface area contributed by atoms with Crippen LogP contribution in [0, 0.1) is 17.6 Å². The first-order valence-corrected chi connectivity index (χ1v) is 10.9. The van der Waals surface area contributed by atoms with Gasteiger partial charge in [0.1, 0.15) is 29.3 Å². The van der Waals surface area contributed by atoms with Crippen LogP contribution in [0.1, 0.15) is 12.8 Å². The van der Waals surface area contributed by atoms with E-state index >= 15 is 0 Å². The molecule has 2 aliphatic rings.